The molecule has 0 atom stereocenters. The Hall–Kier alpha value is -2.05. The molecule has 0 N–H and O–H groups in total. The molecule has 0 unspecified atom stereocenters. The third-order valence-electron chi connectivity index (χ3n) is 4.86. The molecule has 0 spiro atoms. The first-order chi connectivity index (χ1) is 12.9. The number of hydrogen-bond acceptors (Lipinski definition) is 4. The summed E-state index contributed by atoms with van der Waals surface area (Å²) in [7, 11) is -1.79. The summed E-state index contributed by atoms with van der Waals surface area (Å²) in [6, 6.07) is 15.2. The van der Waals surface area contributed by atoms with Crippen LogP contribution in [0.2, 0.25) is 0 Å². The lowest BCUT2D eigenvalue weighted by Gasteiger charge is -2.35. The van der Waals surface area contributed by atoms with Crippen molar-refractivity contribution in [1.29, 1.82) is 0 Å². The lowest BCUT2D eigenvalue weighted by atomic mass is 10.0. The maximum absolute atomic E-state index is 13.0. The molecule has 0 aromatic heterocycles. The van der Waals surface area contributed by atoms with Gasteiger partial charge in [-0.25, -0.2) is 8.42 Å². The lowest BCUT2D eigenvalue weighted by molar-refractivity contribution is 0.384. The molecule has 1 heterocycles. The van der Waals surface area contributed by atoms with Crippen LogP contribution in [0.15, 0.2) is 53.4 Å². The second-order valence-electron chi connectivity index (χ2n) is 7.33. The fourth-order valence-corrected chi connectivity index (χ4v) is 4.83. The van der Waals surface area contributed by atoms with E-state index in [1.165, 1.54) is 5.56 Å². The highest BCUT2D eigenvalue weighted by Gasteiger charge is 2.28. The van der Waals surface area contributed by atoms with E-state index in [1.807, 2.05) is 36.4 Å². The van der Waals surface area contributed by atoms with Crippen molar-refractivity contribution in [2.45, 2.75) is 25.2 Å². The minimum Gasteiger partial charge on any atom is -0.497 e. The van der Waals surface area contributed by atoms with E-state index in [2.05, 4.69) is 18.7 Å². The molecule has 5 nitrogen and oxygen atoms in total. The highest BCUT2D eigenvalue weighted by atomic mass is 32.2. The first-order valence-corrected chi connectivity index (χ1v) is 10.8. The zero-order chi connectivity index (χ0) is 19.4. The van der Waals surface area contributed by atoms with Crippen molar-refractivity contribution in [2.75, 3.05) is 38.2 Å². The largest absolute Gasteiger partial charge is 0.497 e. The average molecular weight is 389 g/mol. The molecule has 1 aliphatic rings. The summed E-state index contributed by atoms with van der Waals surface area (Å²) in [5.41, 5.74) is 2.23. The Morgan fingerprint density at radius 3 is 2.26 bits per heavy atom. The predicted molar refractivity (Wildman–Crippen MR) is 109 cm³/mol. The molecular weight excluding hydrogens is 360 g/mol. The van der Waals surface area contributed by atoms with Gasteiger partial charge in [0.05, 0.1) is 12.0 Å². The van der Waals surface area contributed by atoms with Crippen LogP contribution in [0.1, 0.15) is 19.4 Å². The summed E-state index contributed by atoms with van der Waals surface area (Å²) in [6.07, 6.45) is 0.958. The van der Waals surface area contributed by atoms with Crippen LogP contribution in [0, 0.1) is 5.92 Å². The molecule has 0 radical (unpaired) electrons. The Labute approximate surface area is 162 Å². The number of nitrogens with zero attached hydrogens (tertiary/aromatic N) is 2. The lowest BCUT2D eigenvalue weighted by Crippen LogP contribution is -2.48. The summed E-state index contributed by atoms with van der Waals surface area (Å²) < 4.78 is 32.8. The zero-order valence-electron chi connectivity index (χ0n) is 16.3. The summed E-state index contributed by atoms with van der Waals surface area (Å²) in [6.45, 7) is 6.61. The first-order valence-electron chi connectivity index (χ1n) is 9.38. The van der Waals surface area contributed by atoms with Gasteiger partial charge in [0.1, 0.15) is 5.75 Å². The van der Waals surface area contributed by atoms with E-state index in [1.54, 1.807) is 23.5 Å². The van der Waals surface area contributed by atoms with E-state index in [0.29, 0.717) is 37.0 Å². The van der Waals surface area contributed by atoms with Gasteiger partial charge < -0.3 is 9.64 Å². The Kier molecular flexibility index (Phi) is 6.07. The minimum atomic E-state index is -3.44. The topological polar surface area (TPSA) is 49.9 Å². The normalized spacial score (nSPS) is 15.9. The van der Waals surface area contributed by atoms with Crippen molar-refractivity contribution in [1.82, 2.24) is 4.31 Å². The zero-order valence-corrected chi connectivity index (χ0v) is 17.1. The summed E-state index contributed by atoms with van der Waals surface area (Å²) in [4.78, 5) is 2.57. The second kappa shape index (κ2) is 8.31. The van der Waals surface area contributed by atoms with E-state index in [9.17, 15) is 8.42 Å². The van der Waals surface area contributed by atoms with Crippen LogP contribution >= 0.6 is 0 Å². The molecule has 146 valence electrons. The quantitative estimate of drug-likeness (QED) is 0.761. The fraction of sp³-hybridized carbons (Fsp3) is 0.429. The van der Waals surface area contributed by atoms with Gasteiger partial charge in [0.25, 0.3) is 0 Å². The Morgan fingerprint density at radius 1 is 1.00 bits per heavy atom. The summed E-state index contributed by atoms with van der Waals surface area (Å²) >= 11 is 0. The SMILES string of the molecule is COc1cccc(N2CCN(S(=O)(=O)c3ccc(CC(C)C)cc3)CC2)c1. The van der Waals surface area contributed by atoms with Crippen molar-refractivity contribution in [3.8, 4) is 5.75 Å². The van der Waals surface area contributed by atoms with Gasteiger partial charge >= 0.3 is 0 Å². The van der Waals surface area contributed by atoms with Crippen LogP contribution in [-0.4, -0.2) is 46.0 Å². The van der Waals surface area contributed by atoms with Gasteiger partial charge in [0, 0.05) is 37.9 Å². The van der Waals surface area contributed by atoms with Gasteiger partial charge in [0.2, 0.25) is 10.0 Å². The molecule has 0 aliphatic carbocycles. The minimum absolute atomic E-state index is 0.379. The molecule has 0 bridgehead atoms. The van der Waals surface area contributed by atoms with Gasteiger partial charge in [0.15, 0.2) is 0 Å². The number of rotatable bonds is 6. The molecule has 0 saturated carbocycles. The summed E-state index contributed by atoms with van der Waals surface area (Å²) in [5, 5.41) is 0. The Morgan fingerprint density at radius 2 is 1.67 bits per heavy atom. The smallest absolute Gasteiger partial charge is 0.243 e. The first kappa shape index (κ1) is 19.7. The van der Waals surface area contributed by atoms with Crippen molar-refractivity contribution in [3.63, 3.8) is 0 Å². The number of benzene rings is 2. The van der Waals surface area contributed by atoms with Gasteiger partial charge in [-0.1, -0.05) is 32.0 Å². The number of anilines is 1. The monoisotopic (exact) mass is 388 g/mol. The molecule has 27 heavy (non-hydrogen) atoms. The standard InChI is InChI=1S/C21H28N2O3S/c1-17(2)15-18-7-9-21(10-8-18)27(24,25)23-13-11-22(12-14-23)19-5-4-6-20(16-19)26-3/h4-10,16-17H,11-15H2,1-3H3. The highest BCUT2D eigenvalue weighted by molar-refractivity contribution is 7.89. The molecule has 3 rings (SSSR count). The van der Waals surface area contributed by atoms with E-state index in [-0.39, 0.29) is 0 Å². The Balaban J connectivity index is 1.67. The molecule has 2 aromatic carbocycles. The summed E-state index contributed by atoms with van der Waals surface area (Å²) in [5.74, 6) is 1.36. The molecule has 1 aliphatic heterocycles. The third-order valence-corrected chi connectivity index (χ3v) is 6.78. The van der Waals surface area contributed by atoms with Crippen molar-refractivity contribution in [3.05, 3.63) is 54.1 Å². The van der Waals surface area contributed by atoms with E-state index in [4.69, 9.17) is 4.74 Å². The van der Waals surface area contributed by atoms with Gasteiger partial charge in [-0.05, 0) is 42.2 Å². The highest BCUT2D eigenvalue weighted by Crippen LogP contribution is 2.24. The second-order valence-corrected chi connectivity index (χ2v) is 9.27. The van der Waals surface area contributed by atoms with Crippen LogP contribution in [-0.2, 0) is 16.4 Å². The maximum atomic E-state index is 13.0. The van der Waals surface area contributed by atoms with Gasteiger partial charge in [-0.15, -0.1) is 0 Å². The van der Waals surface area contributed by atoms with Crippen LogP contribution in [0.3, 0.4) is 0 Å². The molecule has 1 saturated heterocycles. The average Bonchev–Trinajstić information content (AvgIpc) is 2.68. The molecular formula is C21H28N2O3S. The van der Waals surface area contributed by atoms with Crippen LogP contribution < -0.4 is 9.64 Å². The predicted octanol–water partition coefficient (Wildman–Crippen LogP) is 3.40. The van der Waals surface area contributed by atoms with Crippen molar-refractivity contribution in [2.24, 2.45) is 5.92 Å². The van der Waals surface area contributed by atoms with Crippen molar-refractivity contribution < 1.29 is 13.2 Å². The maximum Gasteiger partial charge on any atom is 0.243 e. The number of methoxy groups -OCH3 is 1. The Bertz CT molecular complexity index is 855. The molecule has 1 fully saturated rings. The van der Waals surface area contributed by atoms with Crippen LogP contribution in [0.4, 0.5) is 5.69 Å². The number of piperazine rings is 1. The van der Waals surface area contributed by atoms with Crippen LogP contribution in [0.25, 0.3) is 0 Å². The molecule has 6 heteroatoms. The van der Waals surface area contributed by atoms with Gasteiger partial charge in [-0.3, -0.25) is 0 Å². The van der Waals surface area contributed by atoms with Crippen LogP contribution in [0.5, 0.6) is 5.75 Å². The van der Waals surface area contributed by atoms with E-state index >= 15 is 0 Å². The molecule has 0 amide bonds. The van der Waals surface area contributed by atoms with E-state index in [0.717, 1.165) is 17.9 Å². The fourth-order valence-electron chi connectivity index (χ4n) is 3.41. The molecule has 2 aromatic rings. The number of sulfonamides is 1. The van der Waals surface area contributed by atoms with Crippen molar-refractivity contribution >= 4 is 15.7 Å². The van der Waals surface area contributed by atoms with Gasteiger partial charge in [-0.2, -0.15) is 4.31 Å². The third kappa shape index (κ3) is 4.62. The number of ether oxygens (including phenoxy) is 1. The van der Waals surface area contributed by atoms with E-state index < -0.39 is 10.0 Å². The number of hydrogen-bond donors (Lipinski definition) is 0.